The molecule has 0 saturated carbocycles. The summed E-state index contributed by atoms with van der Waals surface area (Å²) in [6, 6.07) is 14.1. The SMILES string of the molecule is N#Cc1ccc(NC2CCc3cc(Br)ccc32)c(Cl)c1. The predicted octanol–water partition coefficient (Wildman–Crippen LogP) is 5.07. The topological polar surface area (TPSA) is 35.8 Å². The Kier molecular flexibility index (Phi) is 3.69. The lowest BCUT2D eigenvalue weighted by Gasteiger charge is -2.17. The summed E-state index contributed by atoms with van der Waals surface area (Å²) in [4.78, 5) is 0. The van der Waals surface area contributed by atoms with Gasteiger partial charge in [-0.05, 0) is 54.3 Å². The molecule has 0 radical (unpaired) electrons. The van der Waals surface area contributed by atoms with Gasteiger partial charge in [0.1, 0.15) is 0 Å². The second-order valence-electron chi connectivity index (χ2n) is 4.89. The highest BCUT2D eigenvalue weighted by Crippen LogP contribution is 2.36. The minimum Gasteiger partial charge on any atom is -0.377 e. The maximum Gasteiger partial charge on any atom is 0.0992 e. The van der Waals surface area contributed by atoms with E-state index < -0.39 is 0 Å². The van der Waals surface area contributed by atoms with Gasteiger partial charge in [0.25, 0.3) is 0 Å². The van der Waals surface area contributed by atoms with Crippen LogP contribution in [0.2, 0.25) is 5.02 Å². The summed E-state index contributed by atoms with van der Waals surface area (Å²) in [5, 5.41) is 12.9. The number of nitrogens with one attached hydrogen (secondary N) is 1. The zero-order valence-corrected chi connectivity index (χ0v) is 13.0. The quantitative estimate of drug-likeness (QED) is 0.823. The first kappa shape index (κ1) is 13.5. The third-order valence-electron chi connectivity index (χ3n) is 3.61. The molecule has 0 fully saturated rings. The summed E-state index contributed by atoms with van der Waals surface area (Å²) in [7, 11) is 0. The molecule has 0 amide bonds. The third kappa shape index (κ3) is 2.54. The molecule has 0 heterocycles. The molecule has 0 bridgehead atoms. The van der Waals surface area contributed by atoms with E-state index in [1.54, 1.807) is 12.1 Å². The molecule has 1 aliphatic rings. The van der Waals surface area contributed by atoms with Crippen molar-refractivity contribution < 1.29 is 0 Å². The highest BCUT2D eigenvalue weighted by molar-refractivity contribution is 9.10. The van der Waals surface area contributed by atoms with Gasteiger partial charge in [-0.25, -0.2) is 0 Å². The Hall–Kier alpha value is -1.50. The largest absolute Gasteiger partial charge is 0.377 e. The summed E-state index contributed by atoms with van der Waals surface area (Å²) in [6.07, 6.45) is 2.13. The number of rotatable bonds is 2. The van der Waals surface area contributed by atoms with Gasteiger partial charge in [0.15, 0.2) is 0 Å². The molecule has 100 valence electrons. The van der Waals surface area contributed by atoms with Crippen LogP contribution < -0.4 is 5.32 Å². The van der Waals surface area contributed by atoms with Crippen molar-refractivity contribution in [3.05, 3.63) is 62.6 Å². The lowest BCUT2D eigenvalue weighted by atomic mass is 10.1. The molecule has 2 aromatic rings. The van der Waals surface area contributed by atoms with Gasteiger partial charge in [0.05, 0.1) is 28.4 Å². The second kappa shape index (κ2) is 5.47. The minimum atomic E-state index is 0.281. The van der Waals surface area contributed by atoms with Crippen molar-refractivity contribution >= 4 is 33.2 Å². The minimum absolute atomic E-state index is 0.281. The molecule has 1 atom stereocenters. The number of aryl methyl sites for hydroxylation is 1. The van der Waals surface area contributed by atoms with Crippen LogP contribution in [0.15, 0.2) is 40.9 Å². The molecular weight excluding hydrogens is 336 g/mol. The van der Waals surface area contributed by atoms with Gasteiger partial charge in [0, 0.05) is 4.47 Å². The van der Waals surface area contributed by atoms with Gasteiger partial charge in [-0.1, -0.05) is 33.6 Å². The van der Waals surface area contributed by atoms with E-state index in [2.05, 4.69) is 45.5 Å². The van der Waals surface area contributed by atoms with Crippen molar-refractivity contribution in [2.75, 3.05) is 5.32 Å². The fourth-order valence-electron chi connectivity index (χ4n) is 2.63. The van der Waals surface area contributed by atoms with Gasteiger partial charge in [-0.3, -0.25) is 0 Å². The normalized spacial score (nSPS) is 16.6. The predicted molar refractivity (Wildman–Crippen MR) is 85.0 cm³/mol. The summed E-state index contributed by atoms with van der Waals surface area (Å²) in [5.41, 5.74) is 4.16. The first-order valence-corrected chi connectivity index (χ1v) is 7.59. The van der Waals surface area contributed by atoms with Crippen LogP contribution >= 0.6 is 27.5 Å². The second-order valence-corrected chi connectivity index (χ2v) is 6.21. The molecule has 2 nitrogen and oxygen atoms in total. The van der Waals surface area contributed by atoms with Crippen molar-refractivity contribution in [3.8, 4) is 6.07 Å². The van der Waals surface area contributed by atoms with Crippen LogP contribution in [-0.4, -0.2) is 0 Å². The number of nitrogens with zero attached hydrogens (tertiary/aromatic N) is 1. The van der Waals surface area contributed by atoms with Crippen molar-refractivity contribution in [2.24, 2.45) is 0 Å². The lowest BCUT2D eigenvalue weighted by Crippen LogP contribution is -2.07. The van der Waals surface area contributed by atoms with Gasteiger partial charge in [-0.15, -0.1) is 0 Å². The van der Waals surface area contributed by atoms with E-state index >= 15 is 0 Å². The summed E-state index contributed by atoms with van der Waals surface area (Å²) >= 11 is 9.72. The zero-order chi connectivity index (χ0) is 14.1. The molecule has 0 aromatic heterocycles. The fourth-order valence-corrected chi connectivity index (χ4v) is 3.27. The van der Waals surface area contributed by atoms with Crippen LogP contribution in [0.4, 0.5) is 5.69 Å². The summed E-state index contributed by atoms with van der Waals surface area (Å²) in [5.74, 6) is 0. The summed E-state index contributed by atoms with van der Waals surface area (Å²) in [6.45, 7) is 0. The lowest BCUT2D eigenvalue weighted by molar-refractivity contribution is 0.762. The molecule has 1 N–H and O–H groups in total. The first-order valence-electron chi connectivity index (χ1n) is 6.42. The maximum absolute atomic E-state index is 8.86. The van der Waals surface area contributed by atoms with E-state index in [0.29, 0.717) is 10.6 Å². The molecule has 0 aliphatic heterocycles. The molecule has 2 aromatic carbocycles. The van der Waals surface area contributed by atoms with Gasteiger partial charge < -0.3 is 5.32 Å². The number of benzene rings is 2. The van der Waals surface area contributed by atoms with E-state index in [1.165, 1.54) is 11.1 Å². The highest BCUT2D eigenvalue weighted by Gasteiger charge is 2.22. The Labute approximate surface area is 131 Å². The van der Waals surface area contributed by atoms with Crippen LogP contribution in [0.25, 0.3) is 0 Å². The Balaban J connectivity index is 1.86. The van der Waals surface area contributed by atoms with Crippen LogP contribution in [-0.2, 0) is 6.42 Å². The molecule has 1 unspecified atom stereocenters. The van der Waals surface area contributed by atoms with Crippen LogP contribution in [0.5, 0.6) is 0 Å². The van der Waals surface area contributed by atoms with Crippen LogP contribution in [0, 0.1) is 11.3 Å². The van der Waals surface area contributed by atoms with Gasteiger partial charge in [-0.2, -0.15) is 5.26 Å². The molecule has 0 saturated heterocycles. The number of halogens is 2. The smallest absolute Gasteiger partial charge is 0.0992 e. The highest BCUT2D eigenvalue weighted by atomic mass is 79.9. The third-order valence-corrected chi connectivity index (χ3v) is 4.42. The van der Waals surface area contributed by atoms with E-state index in [1.807, 2.05) is 6.07 Å². The molecule has 20 heavy (non-hydrogen) atoms. The van der Waals surface area contributed by atoms with E-state index in [-0.39, 0.29) is 6.04 Å². The van der Waals surface area contributed by atoms with Crippen molar-refractivity contribution in [2.45, 2.75) is 18.9 Å². The van der Waals surface area contributed by atoms with Crippen molar-refractivity contribution in [3.63, 3.8) is 0 Å². The van der Waals surface area contributed by atoms with Crippen LogP contribution in [0.1, 0.15) is 29.2 Å². The van der Waals surface area contributed by atoms with Crippen molar-refractivity contribution in [1.29, 1.82) is 5.26 Å². The molecule has 4 heteroatoms. The average molecular weight is 348 g/mol. The monoisotopic (exact) mass is 346 g/mol. The van der Waals surface area contributed by atoms with Gasteiger partial charge >= 0.3 is 0 Å². The van der Waals surface area contributed by atoms with E-state index in [4.69, 9.17) is 16.9 Å². The summed E-state index contributed by atoms with van der Waals surface area (Å²) < 4.78 is 1.12. The van der Waals surface area contributed by atoms with Gasteiger partial charge in [0.2, 0.25) is 0 Å². The molecule has 1 aliphatic carbocycles. The Bertz CT molecular complexity index is 706. The molecule has 3 rings (SSSR count). The molecule has 0 spiro atoms. The Morgan fingerprint density at radius 3 is 2.85 bits per heavy atom. The average Bonchev–Trinajstić information content (AvgIpc) is 2.83. The van der Waals surface area contributed by atoms with E-state index in [9.17, 15) is 0 Å². The van der Waals surface area contributed by atoms with Crippen LogP contribution in [0.3, 0.4) is 0 Å². The number of nitriles is 1. The maximum atomic E-state index is 8.86. The van der Waals surface area contributed by atoms with Crippen molar-refractivity contribution in [1.82, 2.24) is 0 Å². The first-order chi connectivity index (χ1) is 9.67. The number of hydrogen-bond acceptors (Lipinski definition) is 2. The number of hydrogen-bond donors (Lipinski definition) is 1. The Morgan fingerprint density at radius 2 is 2.10 bits per heavy atom. The molecular formula is C16H12BrClN2. The zero-order valence-electron chi connectivity index (χ0n) is 10.7. The standard InChI is InChI=1S/C16H12BrClN2/c17-12-3-4-13-11(8-12)2-6-15(13)20-16-5-1-10(9-19)7-14(16)18/h1,3-5,7-8,15,20H,2,6H2. The number of anilines is 1. The number of fused-ring (bicyclic) bond motifs is 1. The van der Waals surface area contributed by atoms with E-state index in [0.717, 1.165) is 23.0 Å². The fraction of sp³-hybridized carbons (Fsp3) is 0.188. The Morgan fingerprint density at radius 1 is 1.25 bits per heavy atom.